The Morgan fingerprint density at radius 2 is 0.930 bits per heavy atom. The maximum absolute atomic E-state index is 9.92. The molecule has 0 N–H and O–H groups in total. The zero-order valence-electron chi connectivity index (χ0n) is 43.3. The molecule has 12 rings (SSSR count). The molecule has 0 unspecified atom stereocenters. The summed E-state index contributed by atoms with van der Waals surface area (Å²) in [7, 11) is 0. The van der Waals surface area contributed by atoms with Gasteiger partial charge in [-0.25, -0.2) is 0 Å². The molecule has 0 aliphatic heterocycles. The molecule has 8 aromatic carbocycles. The fourth-order valence-electron chi connectivity index (χ4n) is 8.82. The molecule has 3 heterocycles. The Hall–Kier alpha value is -7.36. The zero-order chi connectivity index (χ0) is 48.8. The molecular formula is C54H37N3. The molecule has 0 saturated heterocycles. The third kappa shape index (κ3) is 4.85. The lowest BCUT2D eigenvalue weighted by Gasteiger charge is -2.21. The van der Waals surface area contributed by atoms with Crippen LogP contribution in [0.15, 0.2) is 200 Å². The van der Waals surface area contributed by atoms with E-state index >= 15 is 0 Å². The maximum Gasteiger partial charge on any atom is 0.0651 e. The summed E-state index contributed by atoms with van der Waals surface area (Å²) in [5.41, 5.74) is 6.02. The van der Waals surface area contributed by atoms with Gasteiger partial charge < -0.3 is 13.7 Å². The van der Waals surface area contributed by atoms with Gasteiger partial charge in [-0.15, -0.1) is 0 Å². The summed E-state index contributed by atoms with van der Waals surface area (Å²) in [5, 5.41) is 5.18. The number of aromatic nitrogens is 3. The van der Waals surface area contributed by atoms with E-state index < -0.39 is 101 Å². The van der Waals surface area contributed by atoms with Gasteiger partial charge in [0, 0.05) is 49.6 Å². The van der Waals surface area contributed by atoms with E-state index in [0.717, 1.165) is 71.6 Å². The molecular weight excluding hydrogens is 691 g/mol. The van der Waals surface area contributed by atoms with E-state index in [0.29, 0.717) is 18.4 Å². The van der Waals surface area contributed by atoms with Crippen molar-refractivity contribution in [1.82, 2.24) is 13.7 Å². The van der Waals surface area contributed by atoms with Crippen molar-refractivity contribution in [3.8, 4) is 33.6 Å². The van der Waals surface area contributed by atoms with E-state index in [1.54, 1.807) is 4.57 Å². The first-order chi connectivity index (χ1) is 33.7. The Kier molecular flexibility index (Phi) is 4.78. The fourth-order valence-corrected chi connectivity index (χ4v) is 8.82. The largest absolute Gasteiger partial charge is 0.313 e. The molecule has 3 heteroatoms. The smallest absolute Gasteiger partial charge is 0.0651 e. The average molecular weight is 741 g/mol. The monoisotopic (exact) mass is 740 g/mol. The summed E-state index contributed by atoms with van der Waals surface area (Å²) in [6.45, 7) is 0. The molecule has 0 amide bonds. The second-order valence-electron chi connectivity index (χ2n) is 14.2. The number of hydrogen-bond acceptors (Lipinski definition) is 0. The summed E-state index contributed by atoms with van der Waals surface area (Å²) in [6, 6.07) is 30.4. The van der Waals surface area contributed by atoms with Crippen LogP contribution in [0, 0.1) is 0 Å². The first-order valence-corrected chi connectivity index (χ1v) is 18.9. The molecule has 0 radical (unpaired) electrons. The van der Waals surface area contributed by atoms with E-state index in [-0.39, 0.29) is 5.69 Å². The quantitative estimate of drug-likeness (QED) is 0.167. The van der Waals surface area contributed by atoms with Gasteiger partial charge in [0.1, 0.15) is 0 Å². The minimum atomic E-state index is -0.763. The summed E-state index contributed by atoms with van der Waals surface area (Å²) in [6.07, 6.45) is 3.21. The van der Waals surface area contributed by atoms with Crippen LogP contribution in [0.1, 0.15) is 35.5 Å². The van der Waals surface area contributed by atoms with Crippen molar-refractivity contribution in [1.29, 1.82) is 0 Å². The number of hydrogen-bond donors (Lipinski definition) is 0. The molecule has 3 nitrogen and oxygen atoms in total. The van der Waals surface area contributed by atoms with Gasteiger partial charge in [-0.3, -0.25) is 0 Å². The lowest BCUT2D eigenvalue weighted by molar-refractivity contribution is 0.874. The van der Waals surface area contributed by atoms with Crippen LogP contribution in [0.3, 0.4) is 0 Å². The molecule has 0 atom stereocenters. The van der Waals surface area contributed by atoms with Gasteiger partial charge in [0.2, 0.25) is 0 Å². The van der Waals surface area contributed by atoms with Gasteiger partial charge in [0.15, 0.2) is 0 Å². The lowest BCUT2D eigenvalue weighted by atomic mass is 9.97. The number of fused-ring (bicyclic) bond motifs is 9. The third-order valence-electron chi connectivity index (χ3n) is 11.1. The fraction of sp³-hybridized carbons (Fsp3) is 0.0370. The molecule has 0 bridgehead atoms. The normalized spacial score (nSPS) is 16.1. The first-order valence-electron chi connectivity index (χ1n) is 25.4. The van der Waals surface area contributed by atoms with Crippen LogP contribution < -0.4 is 0 Å². The number of para-hydroxylation sites is 4. The van der Waals surface area contributed by atoms with Crippen LogP contribution in [0.4, 0.5) is 0 Å². The van der Waals surface area contributed by atoms with E-state index in [1.807, 2.05) is 48.5 Å². The van der Waals surface area contributed by atoms with Crippen molar-refractivity contribution in [3.63, 3.8) is 0 Å². The Labute approximate surface area is 348 Å². The second kappa shape index (κ2) is 12.6. The summed E-state index contributed by atoms with van der Waals surface area (Å²) in [5.74, 6) is 0. The van der Waals surface area contributed by atoms with E-state index in [4.69, 9.17) is 11.0 Å². The highest BCUT2D eigenvalue weighted by Gasteiger charge is 2.27. The molecule has 0 spiro atoms. The Morgan fingerprint density at radius 1 is 0.404 bits per heavy atom. The van der Waals surface area contributed by atoms with Gasteiger partial charge in [0.25, 0.3) is 0 Å². The summed E-state index contributed by atoms with van der Waals surface area (Å²) >= 11 is 0. The molecule has 3 aromatic heterocycles. The van der Waals surface area contributed by atoms with E-state index in [2.05, 4.69) is 81.9 Å². The topological polar surface area (TPSA) is 14.8 Å². The van der Waals surface area contributed by atoms with Crippen LogP contribution in [0.25, 0.3) is 93.8 Å². The third-order valence-corrected chi connectivity index (χ3v) is 11.1. The van der Waals surface area contributed by atoms with Crippen LogP contribution in [-0.4, -0.2) is 13.7 Å². The van der Waals surface area contributed by atoms with Gasteiger partial charge in [-0.2, -0.15) is 0 Å². The molecule has 0 saturated carbocycles. The minimum Gasteiger partial charge on any atom is -0.313 e. The van der Waals surface area contributed by atoms with Crippen molar-refractivity contribution < 1.29 is 17.8 Å². The lowest BCUT2D eigenvalue weighted by Crippen LogP contribution is -2.09. The summed E-state index contributed by atoms with van der Waals surface area (Å²) in [4.78, 5) is 0. The van der Waals surface area contributed by atoms with Gasteiger partial charge in [0.05, 0.1) is 51.1 Å². The van der Waals surface area contributed by atoms with Crippen molar-refractivity contribution in [2.45, 2.75) is 12.8 Å². The van der Waals surface area contributed by atoms with Gasteiger partial charge in [-0.05, 0) is 89.6 Å². The number of nitrogens with zero attached hydrogens (tertiary/aromatic N) is 3. The van der Waals surface area contributed by atoms with Gasteiger partial charge >= 0.3 is 0 Å². The number of benzene rings is 8. The van der Waals surface area contributed by atoms with Crippen LogP contribution in [0.2, 0.25) is 0 Å². The Bertz CT molecular complexity index is 4100. The molecule has 268 valence electrons. The number of rotatable bonds is 5. The highest BCUT2D eigenvalue weighted by Crippen LogP contribution is 2.44. The van der Waals surface area contributed by atoms with Crippen molar-refractivity contribution >= 4 is 60.2 Å². The SMILES string of the molecule is [2H]c1c([2H])c([2H])c(-c2c([2H])c([2H])c([2H])c(-c3c([2H])c([2H])c([2H])c(-n4c5c(c6ccccc64)C(n4c6ccccc6c6ccc(-n7c8ccccc8c8ccccc87)cc64)=CCC5)c3[2H])c2[2H])c([2H])c1[2H]. The van der Waals surface area contributed by atoms with E-state index in [9.17, 15) is 6.85 Å². The second-order valence-corrected chi connectivity index (χ2v) is 14.2. The molecule has 57 heavy (non-hydrogen) atoms. The Morgan fingerprint density at radius 3 is 1.61 bits per heavy atom. The predicted octanol–water partition coefficient (Wildman–Crippen LogP) is 14.0. The molecule has 1 aliphatic rings. The highest BCUT2D eigenvalue weighted by atomic mass is 15.0. The molecule has 1 aliphatic carbocycles. The predicted molar refractivity (Wildman–Crippen MR) is 240 cm³/mol. The van der Waals surface area contributed by atoms with Crippen molar-refractivity contribution in [3.05, 3.63) is 211 Å². The zero-order valence-corrected chi connectivity index (χ0v) is 30.3. The van der Waals surface area contributed by atoms with Crippen LogP contribution >= 0.6 is 0 Å². The average Bonchev–Trinajstić information content (AvgIpc) is 4.01. The van der Waals surface area contributed by atoms with Crippen molar-refractivity contribution in [2.24, 2.45) is 0 Å². The molecule has 11 aromatic rings. The molecule has 0 fully saturated rings. The van der Waals surface area contributed by atoms with Crippen LogP contribution in [-0.2, 0) is 6.42 Å². The first kappa shape index (κ1) is 21.7. The van der Waals surface area contributed by atoms with E-state index in [1.165, 1.54) is 0 Å². The minimum absolute atomic E-state index is 0.0878. The maximum atomic E-state index is 9.92. The van der Waals surface area contributed by atoms with Gasteiger partial charge in [-0.1, -0.05) is 145 Å². The Balaban J connectivity index is 1.12. The number of allylic oxidation sites excluding steroid dienone is 1. The van der Waals surface area contributed by atoms with Crippen molar-refractivity contribution in [2.75, 3.05) is 0 Å². The standard InChI is InChI=1S/C54H37N3/c1-2-15-36(16-3-1)37-17-12-18-38(33-37)39-19-13-20-40(34-39)56-50-28-11-7-24-46(50)54-51(56)29-14-30-52(54)57-49-27-10-6-23-44(49)45-32-31-41(35-53(45)57)55-47-25-8-4-21-42(47)43-22-5-9-26-48(43)55/h1-13,15-28,30-35H,14,29H2/i1D,2D,3D,12D,13D,15D,16D,17D,18D,19D,20D,33D,34D. The van der Waals surface area contributed by atoms with Crippen LogP contribution in [0.5, 0.6) is 0 Å². The highest BCUT2D eigenvalue weighted by molar-refractivity contribution is 6.14. The summed E-state index contributed by atoms with van der Waals surface area (Å²) < 4.78 is 123.